The average molecular weight is 359 g/mol. The Morgan fingerprint density at radius 2 is 2.04 bits per heavy atom. The molecule has 1 atom stereocenters. The van der Waals surface area contributed by atoms with Crippen LogP contribution in [0, 0.1) is 0 Å². The maximum Gasteiger partial charge on any atom is 0.471 e. The third kappa shape index (κ3) is 3.25. The smallest absolute Gasteiger partial charge is 0.329 e. The van der Waals surface area contributed by atoms with E-state index >= 15 is 0 Å². The van der Waals surface area contributed by atoms with Crippen molar-refractivity contribution in [2.75, 3.05) is 13.3 Å². The summed E-state index contributed by atoms with van der Waals surface area (Å²) in [5, 5.41) is 3.34. The lowest BCUT2D eigenvalue weighted by molar-refractivity contribution is -0.159. The van der Waals surface area contributed by atoms with Crippen LogP contribution < -0.4 is 0 Å². The summed E-state index contributed by atoms with van der Waals surface area (Å²) in [7, 11) is -0.884. The molecule has 0 aliphatic heterocycles. The van der Waals surface area contributed by atoms with Crippen LogP contribution in [0.4, 0.5) is 13.2 Å². The van der Waals surface area contributed by atoms with Gasteiger partial charge in [0, 0.05) is 41.0 Å². The van der Waals surface area contributed by atoms with Crippen molar-refractivity contribution >= 4 is 15.4 Å². The molecular formula is C13H12F3N5O2S. The summed E-state index contributed by atoms with van der Waals surface area (Å²) < 4.78 is 59.2. The Morgan fingerprint density at radius 3 is 2.67 bits per heavy atom. The lowest BCUT2D eigenvalue weighted by Gasteiger charge is -1.98. The first kappa shape index (κ1) is 16.4. The van der Waals surface area contributed by atoms with Gasteiger partial charge in [0.25, 0.3) is 0 Å². The number of halogens is 3. The molecule has 7 nitrogen and oxygen atoms in total. The van der Waals surface area contributed by atoms with Crippen LogP contribution in [0.15, 0.2) is 33.4 Å². The van der Waals surface area contributed by atoms with E-state index in [1.165, 1.54) is 25.6 Å². The molecule has 3 aromatic heterocycles. The number of nitrogens with zero attached hydrogens (tertiary/aromatic N) is 5. The van der Waals surface area contributed by atoms with E-state index in [1.807, 2.05) is 0 Å². The maximum atomic E-state index is 12.5. The fourth-order valence-corrected chi connectivity index (χ4v) is 2.86. The molecule has 0 amide bonds. The number of fused-ring (bicyclic) bond motifs is 1. The van der Waals surface area contributed by atoms with Crippen LogP contribution in [-0.4, -0.2) is 37.0 Å². The molecule has 1 unspecified atom stereocenters. The minimum absolute atomic E-state index is 0.178. The Morgan fingerprint density at radius 1 is 1.29 bits per heavy atom. The predicted molar refractivity (Wildman–Crippen MR) is 79.6 cm³/mol. The highest BCUT2D eigenvalue weighted by molar-refractivity contribution is 7.92. The SMILES string of the molecule is CN=S(C)(=O)Cc1cn2cc(-c3noc(C(F)(F)F)n3)ccc2n1. The zero-order chi connectivity index (χ0) is 17.5. The molecule has 0 fully saturated rings. The summed E-state index contributed by atoms with van der Waals surface area (Å²) in [6.07, 6.45) is -0.00170. The van der Waals surface area contributed by atoms with E-state index in [9.17, 15) is 17.4 Å². The Kier molecular flexibility index (Phi) is 3.82. The zero-order valence-corrected chi connectivity index (χ0v) is 13.4. The molecular weight excluding hydrogens is 347 g/mol. The zero-order valence-electron chi connectivity index (χ0n) is 12.6. The fourth-order valence-electron chi connectivity index (χ4n) is 2.04. The van der Waals surface area contributed by atoms with Gasteiger partial charge < -0.3 is 8.92 Å². The van der Waals surface area contributed by atoms with Crippen LogP contribution in [0.1, 0.15) is 11.6 Å². The Hall–Kier alpha value is -2.43. The minimum atomic E-state index is -4.69. The predicted octanol–water partition coefficient (Wildman–Crippen LogP) is 2.63. The van der Waals surface area contributed by atoms with Crippen molar-refractivity contribution in [2.24, 2.45) is 4.36 Å². The monoisotopic (exact) mass is 359 g/mol. The van der Waals surface area contributed by atoms with Crippen molar-refractivity contribution < 1.29 is 21.9 Å². The van der Waals surface area contributed by atoms with Gasteiger partial charge in [-0.15, -0.1) is 0 Å². The number of alkyl halides is 3. The highest BCUT2D eigenvalue weighted by atomic mass is 32.2. The van der Waals surface area contributed by atoms with E-state index in [1.54, 1.807) is 16.7 Å². The first-order chi connectivity index (χ1) is 11.2. The highest BCUT2D eigenvalue weighted by Crippen LogP contribution is 2.29. The highest BCUT2D eigenvalue weighted by Gasteiger charge is 2.38. The van der Waals surface area contributed by atoms with Crippen molar-refractivity contribution in [3.05, 3.63) is 36.1 Å². The van der Waals surface area contributed by atoms with Gasteiger partial charge in [0.15, 0.2) is 0 Å². The molecule has 0 N–H and O–H groups in total. The number of hydrogen-bond acceptors (Lipinski definition) is 6. The van der Waals surface area contributed by atoms with E-state index in [2.05, 4.69) is 24.0 Å². The molecule has 3 rings (SSSR count). The van der Waals surface area contributed by atoms with Crippen molar-refractivity contribution in [3.63, 3.8) is 0 Å². The molecule has 0 saturated heterocycles. The summed E-state index contributed by atoms with van der Waals surface area (Å²) in [5.74, 6) is -1.40. The number of pyridine rings is 1. The Labute approximate surface area is 134 Å². The molecule has 0 aromatic carbocycles. The molecule has 3 aromatic rings. The molecule has 11 heteroatoms. The fraction of sp³-hybridized carbons (Fsp3) is 0.308. The molecule has 3 heterocycles. The summed E-state index contributed by atoms with van der Waals surface area (Å²) >= 11 is 0. The quantitative estimate of drug-likeness (QED) is 0.718. The van der Waals surface area contributed by atoms with Gasteiger partial charge in [0.05, 0.1) is 11.4 Å². The van der Waals surface area contributed by atoms with E-state index in [-0.39, 0.29) is 11.6 Å². The molecule has 24 heavy (non-hydrogen) atoms. The van der Waals surface area contributed by atoms with E-state index < -0.39 is 21.8 Å². The van der Waals surface area contributed by atoms with Crippen LogP contribution in [0.25, 0.3) is 17.0 Å². The largest absolute Gasteiger partial charge is 0.471 e. The first-order valence-electron chi connectivity index (χ1n) is 6.65. The van der Waals surface area contributed by atoms with Gasteiger partial charge in [-0.3, -0.25) is 0 Å². The average Bonchev–Trinajstić information content (AvgIpc) is 3.11. The molecule has 128 valence electrons. The summed E-state index contributed by atoms with van der Waals surface area (Å²) in [4.78, 5) is 7.65. The maximum absolute atomic E-state index is 12.5. The van der Waals surface area contributed by atoms with Crippen molar-refractivity contribution in [1.29, 1.82) is 0 Å². The van der Waals surface area contributed by atoms with Crippen LogP contribution in [0.2, 0.25) is 0 Å². The van der Waals surface area contributed by atoms with Crippen molar-refractivity contribution in [2.45, 2.75) is 11.9 Å². The van der Waals surface area contributed by atoms with Crippen molar-refractivity contribution in [3.8, 4) is 11.4 Å². The second-order valence-corrected chi connectivity index (χ2v) is 7.70. The molecule has 0 bridgehead atoms. The van der Waals surface area contributed by atoms with Gasteiger partial charge in [-0.1, -0.05) is 5.16 Å². The number of imidazole rings is 1. The Balaban J connectivity index is 1.97. The molecule has 0 aliphatic rings. The number of hydrogen-bond donors (Lipinski definition) is 0. The Bertz CT molecular complexity index is 1010. The lowest BCUT2D eigenvalue weighted by atomic mass is 10.3. The molecule has 0 saturated carbocycles. The van der Waals surface area contributed by atoms with Crippen LogP contribution in [0.5, 0.6) is 0 Å². The van der Waals surface area contributed by atoms with Crippen LogP contribution >= 0.6 is 0 Å². The van der Waals surface area contributed by atoms with E-state index in [0.717, 1.165) is 0 Å². The van der Waals surface area contributed by atoms with Gasteiger partial charge >= 0.3 is 12.1 Å². The molecule has 0 radical (unpaired) electrons. The van der Waals surface area contributed by atoms with Crippen LogP contribution in [-0.2, 0) is 21.7 Å². The minimum Gasteiger partial charge on any atom is -0.329 e. The number of aromatic nitrogens is 4. The van der Waals surface area contributed by atoms with Gasteiger partial charge in [-0.25, -0.2) is 13.6 Å². The third-order valence-electron chi connectivity index (χ3n) is 3.23. The summed E-state index contributed by atoms with van der Waals surface area (Å²) in [6, 6.07) is 3.13. The summed E-state index contributed by atoms with van der Waals surface area (Å²) in [6.45, 7) is 0. The van der Waals surface area contributed by atoms with Crippen LogP contribution in [0.3, 0.4) is 0 Å². The van der Waals surface area contributed by atoms with Gasteiger partial charge in [-0.2, -0.15) is 18.2 Å². The molecule has 0 spiro atoms. The van der Waals surface area contributed by atoms with Gasteiger partial charge in [-0.05, 0) is 12.1 Å². The second-order valence-electron chi connectivity index (χ2n) is 5.12. The number of rotatable bonds is 3. The van der Waals surface area contributed by atoms with Gasteiger partial charge in [0.2, 0.25) is 5.82 Å². The first-order valence-corrected chi connectivity index (χ1v) is 8.74. The van der Waals surface area contributed by atoms with E-state index in [4.69, 9.17) is 0 Å². The topological polar surface area (TPSA) is 85.7 Å². The second kappa shape index (κ2) is 5.58. The van der Waals surface area contributed by atoms with Crippen molar-refractivity contribution in [1.82, 2.24) is 19.5 Å². The standard InChI is InChI=1S/C13H12F3N5O2S/c1-17-24(2,22)7-9-6-21-5-8(3-4-10(21)18-9)11-19-12(23-20-11)13(14,15)16/h3-6H,7H2,1-2H3. The van der Waals surface area contributed by atoms with E-state index in [0.29, 0.717) is 16.9 Å². The lowest BCUT2D eigenvalue weighted by Crippen LogP contribution is -2.04. The normalized spacial score (nSPS) is 14.7. The van der Waals surface area contributed by atoms with Gasteiger partial charge in [0.1, 0.15) is 5.65 Å². The summed E-state index contributed by atoms with van der Waals surface area (Å²) in [5.41, 5.74) is 1.46. The third-order valence-corrected chi connectivity index (χ3v) is 4.83. The molecule has 0 aliphatic carbocycles.